The van der Waals surface area contributed by atoms with Gasteiger partial charge in [0.05, 0.1) is 6.54 Å². The Morgan fingerprint density at radius 2 is 2.23 bits per heavy atom. The van der Waals surface area contributed by atoms with Crippen molar-refractivity contribution < 1.29 is 0 Å². The van der Waals surface area contributed by atoms with Gasteiger partial charge in [-0.3, -0.25) is 0 Å². The second-order valence-corrected chi connectivity index (χ2v) is 5.08. The van der Waals surface area contributed by atoms with E-state index < -0.39 is 0 Å². The predicted molar refractivity (Wildman–Crippen MR) is 57.4 cm³/mol. The maximum Gasteiger partial charge on any atom is 0.0576 e. The molecule has 0 amide bonds. The van der Waals surface area contributed by atoms with E-state index in [1.165, 1.54) is 19.3 Å². The van der Waals surface area contributed by atoms with Crippen molar-refractivity contribution in [2.75, 3.05) is 6.54 Å². The van der Waals surface area contributed by atoms with Gasteiger partial charge in [0, 0.05) is 6.04 Å². The molecule has 0 bridgehead atoms. The van der Waals surface area contributed by atoms with Gasteiger partial charge in [-0.25, -0.2) is 0 Å². The van der Waals surface area contributed by atoms with E-state index in [4.69, 9.17) is 6.42 Å². The molecule has 1 nitrogen and oxygen atoms in total. The zero-order valence-electron chi connectivity index (χ0n) is 9.06. The van der Waals surface area contributed by atoms with E-state index in [9.17, 15) is 0 Å². The zero-order chi connectivity index (χ0) is 9.90. The maximum absolute atomic E-state index is 5.23. The quantitative estimate of drug-likeness (QED) is 0.642. The molecular formula is C12H21N. The van der Waals surface area contributed by atoms with E-state index in [1.807, 2.05) is 0 Å². The van der Waals surface area contributed by atoms with Gasteiger partial charge in [0.25, 0.3) is 0 Å². The predicted octanol–water partition coefficient (Wildman–Crippen LogP) is 2.42. The largest absolute Gasteiger partial charge is 0.303 e. The highest BCUT2D eigenvalue weighted by Crippen LogP contribution is 2.38. The summed E-state index contributed by atoms with van der Waals surface area (Å²) < 4.78 is 0. The summed E-state index contributed by atoms with van der Waals surface area (Å²) in [5.41, 5.74) is 0.535. The van der Waals surface area contributed by atoms with E-state index in [-0.39, 0.29) is 0 Å². The average molecular weight is 179 g/mol. The highest BCUT2D eigenvalue weighted by molar-refractivity contribution is 4.92. The molecule has 1 saturated carbocycles. The zero-order valence-corrected chi connectivity index (χ0v) is 9.06. The molecule has 0 saturated heterocycles. The lowest BCUT2D eigenvalue weighted by molar-refractivity contribution is 0.152. The fourth-order valence-corrected chi connectivity index (χ4v) is 2.44. The summed E-state index contributed by atoms with van der Waals surface area (Å²) in [6.45, 7) is 7.77. The van der Waals surface area contributed by atoms with Crippen LogP contribution in [0.5, 0.6) is 0 Å². The molecule has 0 aliphatic heterocycles. The third-order valence-corrected chi connectivity index (χ3v) is 3.16. The Morgan fingerprint density at radius 1 is 1.54 bits per heavy atom. The molecule has 1 heteroatoms. The Kier molecular flexibility index (Phi) is 3.39. The van der Waals surface area contributed by atoms with Crippen molar-refractivity contribution in [2.24, 2.45) is 11.3 Å². The summed E-state index contributed by atoms with van der Waals surface area (Å²) in [5.74, 6) is 3.41. The van der Waals surface area contributed by atoms with Gasteiger partial charge >= 0.3 is 0 Å². The molecule has 74 valence electrons. The lowest BCUT2D eigenvalue weighted by Crippen LogP contribution is -2.41. The Bertz CT molecular complexity index is 200. The fourth-order valence-electron chi connectivity index (χ4n) is 2.44. The van der Waals surface area contributed by atoms with Crippen molar-refractivity contribution in [3.05, 3.63) is 0 Å². The summed E-state index contributed by atoms with van der Waals surface area (Å²) in [6, 6.07) is 0.643. The number of hydrogen-bond acceptors (Lipinski definition) is 1. The smallest absolute Gasteiger partial charge is 0.0576 e. The van der Waals surface area contributed by atoms with Gasteiger partial charge in [0.15, 0.2) is 0 Å². The number of hydrogen-bond donors (Lipinski definition) is 1. The molecule has 1 fully saturated rings. The Balaban J connectivity index is 2.40. The Morgan fingerprint density at radius 3 is 2.77 bits per heavy atom. The summed E-state index contributed by atoms with van der Waals surface area (Å²) in [7, 11) is 0. The van der Waals surface area contributed by atoms with E-state index in [0.29, 0.717) is 11.5 Å². The molecule has 1 rings (SSSR count). The van der Waals surface area contributed by atoms with Gasteiger partial charge in [-0.05, 0) is 30.6 Å². The SMILES string of the molecule is C#CCNC1CCC(C)(C)CC1C. The van der Waals surface area contributed by atoms with Crippen LogP contribution in [-0.2, 0) is 0 Å². The first-order valence-electron chi connectivity index (χ1n) is 5.22. The van der Waals surface area contributed by atoms with Gasteiger partial charge in [-0.1, -0.05) is 26.7 Å². The van der Waals surface area contributed by atoms with Crippen LogP contribution in [0.2, 0.25) is 0 Å². The van der Waals surface area contributed by atoms with Crippen LogP contribution in [0.25, 0.3) is 0 Å². The van der Waals surface area contributed by atoms with E-state index in [2.05, 4.69) is 32.0 Å². The molecule has 0 spiro atoms. The van der Waals surface area contributed by atoms with Crippen LogP contribution in [0, 0.1) is 23.7 Å². The minimum absolute atomic E-state index is 0.535. The molecule has 1 aliphatic rings. The van der Waals surface area contributed by atoms with Crippen molar-refractivity contribution in [1.29, 1.82) is 0 Å². The normalized spacial score (nSPS) is 32.5. The van der Waals surface area contributed by atoms with Crippen molar-refractivity contribution in [1.82, 2.24) is 5.32 Å². The molecule has 2 atom stereocenters. The monoisotopic (exact) mass is 179 g/mol. The lowest BCUT2D eigenvalue weighted by Gasteiger charge is -2.39. The topological polar surface area (TPSA) is 12.0 Å². The summed E-state index contributed by atoms with van der Waals surface area (Å²) in [5, 5.41) is 3.42. The summed E-state index contributed by atoms with van der Waals surface area (Å²) in [6.07, 6.45) is 9.14. The van der Waals surface area contributed by atoms with Gasteiger partial charge in [0.2, 0.25) is 0 Å². The minimum atomic E-state index is 0.535. The van der Waals surface area contributed by atoms with Crippen molar-refractivity contribution in [3.63, 3.8) is 0 Å². The van der Waals surface area contributed by atoms with E-state index >= 15 is 0 Å². The third-order valence-electron chi connectivity index (χ3n) is 3.16. The summed E-state index contributed by atoms with van der Waals surface area (Å²) >= 11 is 0. The second-order valence-electron chi connectivity index (χ2n) is 5.08. The molecule has 0 heterocycles. The van der Waals surface area contributed by atoms with E-state index in [0.717, 1.165) is 12.5 Å². The minimum Gasteiger partial charge on any atom is -0.303 e. The molecule has 1 aliphatic carbocycles. The van der Waals surface area contributed by atoms with Crippen LogP contribution in [0.3, 0.4) is 0 Å². The fraction of sp³-hybridized carbons (Fsp3) is 0.833. The first-order valence-corrected chi connectivity index (χ1v) is 5.22. The third kappa shape index (κ3) is 3.04. The summed E-state index contributed by atoms with van der Waals surface area (Å²) in [4.78, 5) is 0. The number of terminal acetylenes is 1. The number of nitrogens with one attached hydrogen (secondary N) is 1. The second kappa shape index (κ2) is 4.15. The maximum atomic E-state index is 5.23. The van der Waals surface area contributed by atoms with Gasteiger partial charge in [-0.2, -0.15) is 0 Å². The van der Waals surface area contributed by atoms with Crippen molar-refractivity contribution in [3.8, 4) is 12.3 Å². The van der Waals surface area contributed by atoms with Gasteiger partial charge in [0.1, 0.15) is 0 Å². The first kappa shape index (κ1) is 10.6. The van der Waals surface area contributed by atoms with Crippen LogP contribution in [0.1, 0.15) is 40.0 Å². The van der Waals surface area contributed by atoms with Crippen LogP contribution in [-0.4, -0.2) is 12.6 Å². The number of rotatable bonds is 2. The Labute approximate surface area is 82.3 Å². The molecule has 13 heavy (non-hydrogen) atoms. The molecule has 0 aromatic heterocycles. The molecule has 1 N–H and O–H groups in total. The Hall–Kier alpha value is -0.480. The highest BCUT2D eigenvalue weighted by Gasteiger charge is 2.31. The van der Waals surface area contributed by atoms with Gasteiger partial charge in [-0.15, -0.1) is 6.42 Å². The van der Waals surface area contributed by atoms with Crippen LogP contribution in [0.4, 0.5) is 0 Å². The molecule has 0 radical (unpaired) electrons. The lowest BCUT2D eigenvalue weighted by atomic mass is 9.70. The first-order chi connectivity index (χ1) is 6.05. The highest BCUT2D eigenvalue weighted by atomic mass is 14.9. The van der Waals surface area contributed by atoms with Crippen molar-refractivity contribution >= 4 is 0 Å². The standard InChI is InChI=1S/C12H21N/c1-5-8-13-11-6-7-12(3,4)9-10(11)2/h1,10-11,13H,6-9H2,2-4H3. The van der Waals surface area contributed by atoms with Crippen LogP contribution >= 0.6 is 0 Å². The molecule has 2 unspecified atom stereocenters. The van der Waals surface area contributed by atoms with Gasteiger partial charge < -0.3 is 5.32 Å². The van der Waals surface area contributed by atoms with Crippen LogP contribution < -0.4 is 5.32 Å². The van der Waals surface area contributed by atoms with E-state index in [1.54, 1.807) is 0 Å². The molecule has 0 aromatic rings. The van der Waals surface area contributed by atoms with Crippen molar-refractivity contribution in [2.45, 2.75) is 46.1 Å². The average Bonchev–Trinajstić information content (AvgIpc) is 2.02. The van der Waals surface area contributed by atoms with Crippen LogP contribution in [0.15, 0.2) is 0 Å². The molecular weight excluding hydrogens is 158 g/mol. The molecule has 0 aromatic carbocycles.